The summed E-state index contributed by atoms with van der Waals surface area (Å²) in [4.78, 5) is 4.24. The third kappa shape index (κ3) is 3.20. The number of hydrogen-bond acceptors (Lipinski definition) is 1. The van der Waals surface area contributed by atoms with Crippen LogP contribution in [0.4, 0.5) is 5.69 Å². The normalized spacial score (nSPS) is 23.8. The van der Waals surface area contributed by atoms with Gasteiger partial charge in [0.05, 0.1) is 11.7 Å². The molecule has 0 fully saturated rings. The van der Waals surface area contributed by atoms with E-state index in [4.69, 9.17) is 0 Å². The minimum absolute atomic E-state index is 0.293. The molecule has 0 saturated heterocycles. The van der Waals surface area contributed by atoms with Gasteiger partial charge in [-0.3, -0.25) is 0 Å². The van der Waals surface area contributed by atoms with E-state index >= 15 is 0 Å². The van der Waals surface area contributed by atoms with Crippen molar-refractivity contribution >= 4 is 43.9 Å². The van der Waals surface area contributed by atoms with Gasteiger partial charge in [-0.2, -0.15) is 0 Å². The van der Waals surface area contributed by atoms with E-state index in [1.165, 1.54) is 38.5 Å². The summed E-state index contributed by atoms with van der Waals surface area (Å²) in [5, 5.41) is 5.36. The summed E-state index contributed by atoms with van der Waals surface area (Å²) in [6, 6.07) is 22.4. The molecule has 1 heterocycles. The molecule has 0 N–H and O–H groups in total. The first-order valence-electron chi connectivity index (χ1n) is 12.7. The maximum Gasteiger partial charge on any atom is 0.0665 e. The second kappa shape index (κ2) is 8.19. The van der Waals surface area contributed by atoms with Crippen LogP contribution < -0.4 is 15.3 Å². The smallest absolute Gasteiger partial charge is 0.0665 e. The monoisotopic (exact) mass is 483 g/mol. The van der Waals surface area contributed by atoms with Gasteiger partial charge in [0.25, 0.3) is 0 Å². The quantitative estimate of drug-likeness (QED) is 0.373. The van der Waals surface area contributed by atoms with Gasteiger partial charge in [-0.1, -0.05) is 96.4 Å². The molecule has 4 aliphatic rings. The second-order valence-corrected chi connectivity index (χ2v) is 14.1. The molecule has 36 heavy (non-hydrogen) atoms. The Balaban J connectivity index is 1.51. The number of nitrogens with zero attached hydrogens (tertiary/aromatic N) is 1. The molecule has 1 nitrogen and oxygen atoms in total. The lowest BCUT2D eigenvalue weighted by Crippen LogP contribution is -2.49. The summed E-state index contributed by atoms with van der Waals surface area (Å²) in [7, 11) is -1.05. The fourth-order valence-corrected chi connectivity index (χ4v) is 9.24. The zero-order valence-corrected chi connectivity index (χ0v) is 21.6. The zero-order valence-electron chi connectivity index (χ0n) is 20.7. The number of anilines is 1. The molecule has 0 bridgehead atoms. The Hall–Kier alpha value is -3.67. The van der Waals surface area contributed by atoms with Gasteiger partial charge < -0.3 is 4.90 Å². The van der Waals surface area contributed by atoms with E-state index in [-0.39, 0.29) is 0 Å². The summed E-state index contributed by atoms with van der Waals surface area (Å²) in [5.74, 6) is 0. The van der Waals surface area contributed by atoms with E-state index in [0.29, 0.717) is 11.3 Å². The average molecular weight is 484 g/mol. The van der Waals surface area contributed by atoms with Crippen LogP contribution in [0.15, 0.2) is 113 Å². The lowest BCUT2D eigenvalue weighted by molar-refractivity contribution is 0.715. The van der Waals surface area contributed by atoms with Crippen molar-refractivity contribution in [2.75, 3.05) is 17.4 Å². The first-order valence-corrected chi connectivity index (χ1v) is 15.2. The van der Waals surface area contributed by atoms with E-state index in [2.05, 4.69) is 126 Å². The van der Waals surface area contributed by atoms with Crippen LogP contribution in [-0.4, -0.2) is 23.8 Å². The van der Waals surface area contributed by atoms with E-state index < -0.39 is 10.0 Å². The molecule has 2 atom stereocenters. The van der Waals surface area contributed by atoms with Crippen molar-refractivity contribution in [1.82, 2.24) is 0 Å². The molecular formula is C34H29NS. The lowest BCUT2D eigenvalue weighted by atomic mass is 9.93. The van der Waals surface area contributed by atoms with E-state index in [1.807, 2.05) is 6.08 Å². The highest BCUT2D eigenvalue weighted by Gasteiger charge is 2.44. The van der Waals surface area contributed by atoms with Crippen molar-refractivity contribution in [2.45, 2.75) is 24.1 Å². The van der Waals surface area contributed by atoms with E-state index in [0.717, 1.165) is 18.1 Å². The minimum atomic E-state index is -1.05. The van der Waals surface area contributed by atoms with Crippen molar-refractivity contribution in [3.05, 3.63) is 129 Å². The average Bonchev–Trinajstić information content (AvgIpc) is 2.93. The first kappa shape index (κ1) is 21.6. The summed E-state index contributed by atoms with van der Waals surface area (Å²) < 4.78 is 0. The standard InChI is InChI=1S/C34H29NS/c1-36(2)32-18-9-8-16-29(32)35(30-22-21-27(23-33(30)36)24-11-4-3-5-12-24)31-17-10-14-26-20-19-25-13-6-7-15-28(25)34(26)31/h3-6,9-14,17-23,30,33H,8,16H2,1-2H3. The van der Waals surface area contributed by atoms with Crippen molar-refractivity contribution in [3.8, 4) is 0 Å². The molecule has 0 aromatic heterocycles. The SMILES string of the molecule is CS1(C)C2=C(CCC=C2)N(c2cccc3ccc4c(c23)=C=C=CC=4)C2C=CC(c3ccccc3)=CC21. The van der Waals surface area contributed by atoms with Crippen molar-refractivity contribution < 1.29 is 0 Å². The fraction of sp³-hybridized carbons (Fsp3) is 0.176. The van der Waals surface area contributed by atoms with Gasteiger partial charge in [-0.25, -0.2) is 10.0 Å². The molecule has 1 aliphatic heterocycles. The van der Waals surface area contributed by atoms with Crippen LogP contribution in [0.25, 0.3) is 28.2 Å². The van der Waals surface area contributed by atoms with Crippen LogP contribution in [0.1, 0.15) is 18.4 Å². The Morgan fingerprint density at radius 1 is 0.944 bits per heavy atom. The van der Waals surface area contributed by atoms with Gasteiger partial charge in [0, 0.05) is 26.5 Å². The Morgan fingerprint density at radius 2 is 1.83 bits per heavy atom. The second-order valence-electron chi connectivity index (χ2n) is 10.3. The molecule has 0 radical (unpaired) electrons. The van der Waals surface area contributed by atoms with E-state index in [1.54, 1.807) is 4.91 Å². The Labute approximate surface area is 214 Å². The fourth-order valence-electron chi connectivity index (χ4n) is 6.29. The maximum atomic E-state index is 3.46. The van der Waals surface area contributed by atoms with Crippen molar-refractivity contribution in [1.29, 1.82) is 0 Å². The third-order valence-corrected chi connectivity index (χ3v) is 11.3. The van der Waals surface area contributed by atoms with Gasteiger partial charge >= 0.3 is 0 Å². The van der Waals surface area contributed by atoms with Crippen LogP contribution in [0.3, 0.4) is 0 Å². The molecule has 2 unspecified atom stereocenters. The Morgan fingerprint density at radius 3 is 2.72 bits per heavy atom. The van der Waals surface area contributed by atoms with Crippen molar-refractivity contribution in [2.24, 2.45) is 0 Å². The zero-order chi connectivity index (χ0) is 24.3. The predicted octanol–water partition coefficient (Wildman–Crippen LogP) is 6.56. The molecule has 2 heteroatoms. The molecule has 7 rings (SSSR count). The van der Waals surface area contributed by atoms with Crippen LogP contribution >= 0.6 is 10.0 Å². The summed E-state index contributed by atoms with van der Waals surface area (Å²) in [6.07, 6.45) is 23.6. The van der Waals surface area contributed by atoms with Crippen LogP contribution in [0.2, 0.25) is 0 Å². The van der Waals surface area contributed by atoms with Crippen LogP contribution in [0.5, 0.6) is 0 Å². The summed E-state index contributed by atoms with van der Waals surface area (Å²) in [6.45, 7) is 0. The Kier molecular flexibility index (Phi) is 4.91. The third-order valence-electron chi connectivity index (χ3n) is 8.06. The van der Waals surface area contributed by atoms with Gasteiger partial charge in [0.1, 0.15) is 0 Å². The maximum absolute atomic E-state index is 3.46. The minimum Gasteiger partial charge on any atom is -0.335 e. The number of fused-ring (bicyclic) bond motifs is 4. The van der Waals surface area contributed by atoms with Gasteiger partial charge in [0.15, 0.2) is 0 Å². The van der Waals surface area contributed by atoms with Gasteiger partial charge in [0.2, 0.25) is 0 Å². The van der Waals surface area contributed by atoms with Crippen molar-refractivity contribution in [3.63, 3.8) is 0 Å². The predicted molar refractivity (Wildman–Crippen MR) is 158 cm³/mol. The molecular weight excluding hydrogens is 454 g/mol. The summed E-state index contributed by atoms with van der Waals surface area (Å²) in [5.41, 5.74) is 12.1. The number of allylic oxidation sites excluding steroid dienone is 6. The topological polar surface area (TPSA) is 3.24 Å². The molecule has 176 valence electrons. The molecule has 3 aromatic carbocycles. The lowest BCUT2D eigenvalue weighted by Gasteiger charge is -2.55. The van der Waals surface area contributed by atoms with Crippen LogP contribution in [-0.2, 0) is 0 Å². The molecule has 0 amide bonds. The molecule has 0 saturated carbocycles. The van der Waals surface area contributed by atoms with Gasteiger partial charge in [-0.15, -0.1) is 0 Å². The van der Waals surface area contributed by atoms with Crippen LogP contribution in [0, 0.1) is 0 Å². The number of hydrogen-bond donors (Lipinski definition) is 0. The summed E-state index contributed by atoms with van der Waals surface area (Å²) >= 11 is 0. The molecule has 0 spiro atoms. The van der Waals surface area contributed by atoms with E-state index in [9.17, 15) is 0 Å². The first-order chi connectivity index (χ1) is 17.6. The molecule has 3 aliphatic carbocycles. The molecule has 3 aromatic rings. The van der Waals surface area contributed by atoms with Gasteiger partial charge in [-0.05, 0) is 65.3 Å². The highest BCUT2D eigenvalue weighted by molar-refractivity contribution is 8.36. The Bertz CT molecular complexity index is 1740. The largest absolute Gasteiger partial charge is 0.335 e. The number of rotatable bonds is 2. The number of benzene rings is 3. The highest BCUT2D eigenvalue weighted by atomic mass is 32.3. The highest BCUT2D eigenvalue weighted by Crippen LogP contribution is 2.63.